The molecule has 2 aromatic heterocycles. The van der Waals surface area contributed by atoms with Gasteiger partial charge in [-0.25, -0.2) is 9.50 Å². The molecule has 0 atom stereocenters. The molecule has 1 aliphatic heterocycles. The zero-order valence-corrected chi connectivity index (χ0v) is 12.3. The van der Waals surface area contributed by atoms with E-state index < -0.39 is 0 Å². The highest BCUT2D eigenvalue weighted by atomic mass is 15.2. The summed E-state index contributed by atoms with van der Waals surface area (Å²) in [5.74, 6) is 1.80. The first kappa shape index (κ1) is 13.4. The number of hydrogen-bond acceptors (Lipinski definition) is 4. The molecule has 0 amide bonds. The molecule has 0 aliphatic carbocycles. The Hall–Kier alpha value is -1.62. The predicted molar refractivity (Wildman–Crippen MR) is 81.1 cm³/mol. The third-order valence-electron chi connectivity index (χ3n) is 4.20. The summed E-state index contributed by atoms with van der Waals surface area (Å²) in [6, 6.07) is 2.07. The van der Waals surface area contributed by atoms with Crippen molar-refractivity contribution < 1.29 is 0 Å². The number of nitrogens with one attached hydrogen (secondary N) is 1. The van der Waals surface area contributed by atoms with Crippen molar-refractivity contribution in [3.05, 3.63) is 24.2 Å². The molecule has 1 saturated heterocycles. The number of nitrogens with zero attached hydrogens (tertiary/aromatic N) is 4. The average molecular weight is 273 g/mol. The summed E-state index contributed by atoms with van der Waals surface area (Å²) >= 11 is 0. The molecule has 3 rings (SSSR count). The van der Waals surface area contributed by atoms with E-state index in [1.165, 1.54) is 32.4 Å². The highest BCUT2D eigenvalue weighted by Crippen LogP contribution is 2.20. The van der Waals surface area contributed by atoms with E-state index in [2.05, 4.69) is 33.4 Å². The minimum atomic E-state index is 0.852. The van der Waals surface area contributed by atoms with Crippen LogP contribution in [0.3, 0.4) is 0 Å². The van der Waals surface area contributed by atoms with Crippen LogP contribution in [0.1, 0.15) is 25.0 Å². The normalized spacial score (nSPS) is 17.7. The summed E-state index contributed by atoms with van der Waals surface area (Å²) in [6.45, 7) is 5.47. The summed E-state index contributed by atoms with van der Waals surface area (Å²) in [6.07, 6.45) is 7.56. The van der Waals surface area contributed by atoms with E-state index in [1.807, 2.05) is 17.6 Å². The third-order valence-corrected chi connectivity index (χ3v) is 4.20. The number of piperidine rings is 1. The largest absolute Gasteiger partial charge is 0.368 e. The molecule has 0 saturated carbocycles. The topological polar surface area (TPSA) is 45.5 Å². The Balaban J connectivity index is 1.57. The summed E-state index contributed by atoms with van der Waals surface area (Å²) in [7, 11) is 2.21. The minimum Gasteiger partial charge on any atom is -0.368 e. The summed E-state index contributed by atoms with van der Waals surface area (Å²) < 4.78 is 1.89. The number of fused-ring (bicyclic) bond motifs is 1. The lowest BCUT2D eigenvalue weighted by molar-refractivity contribution is 0.215. The van der Waals surface area contributed by atoms with Crippen molar-refractivity contribution in [2.24, 2.45) is 5.92 Å². The fourth-order valence-electron chi connectivity index (χ4n) is 2.93. The molecule has 5 nitrogen and oxygen atoms in total. The Morgan fingerprint density at radius 3 is 2.95 bits per heavy atom. The highest BCUT2D eigenvalue weighted by Gasteiger charge is 2.16. The van der Waals surface area contributed by atoms with Gasteiger partial charge in [-0.2, -0.15) is 5.10 Å². The number of aromatic nitrogens is 3. The first-order valence-electron chi connectivity index (χ1n) is 7.46. The van der Waals surface area contributed by atoms with Crippen molar-refractivity contribution >= 4 is 11.3 Å². The second kappa shape index (κ2) is 5.79. The van der Waals surface area contributed by atoms with Crippen LogP contribution in [0.4, 0.5) is 5.82 Å². The molecule has 1 aliphatic rings. The van der Waals surface area contributed by atoms with Gasteiger partial charge in [0.1, 0.15) is 5.52 Å². The van der Waals surface area contributed by atoms with E-state index in [0.717, 1.165) is 29.5 Å². The lowest BCUT2D eigenvalue weighted by Gasteiger charge is -2.28. The maximum Gasteiger partial charge on any atom is 0.152 e. The van der Waals surface area contributed by atoms with Crippen molar-refractivity contribution in [2.75, 3.05) is 32.0 Å². The standard InChI is InChI=1S/C15H23N5/c1-12-11-14-15(17-7-10-20(14)18-12)16-6-3-13-4-8-19(2)9-5-13/h7,10-11,13H,3-6,8-9H2,1-2H3,(H,16,17). The minimum absolute atomic E-state index is 0.852. The molecule has 3 heterocycles. The molecule has 0 radical (unpaired) electrons. The van der Waals surface area contributed by atoms with Crippen LogP contribution in [0.2, 0.25) is 0 Å². The van der Waals surface area contributed by atoms with Gasteiger partial charge in [0.15, 0.2) is 5.82 Å². The molecule has 20 heavy (non-hydrogen) atoms. The second-order valence-electron chi connectivity index (χ2n) is 5.85. The Bertz CT molecular complexity index is 569. The van der Waals surface area contributed by atoms with Crippen molar-refractivity contribution in [1.82, 2.24) is 19.5 Å². The smallest absolute Gasteiger partial charge is 0.152 e. The number of anilines is 1. The number of rotatable bonds is 4. The predicted octanol–water partition coefficient (Wildman–Crippen LogP) is 2.18. The lowest BCUT2D eigenvalue weighted by atomic mass is 9.94. The van der Waals surface area contributed by atoms with Crippen molar-refractivity contribution in [1.29, 1.82) is 0 Å². The van der Waals surface area contributed by atoms with Crippen LogP contribution in [0.15, 0.2) is 18.5 Å². The van der Waals surface area contributed by atoms with Gasteiger partial charge >= 0.3 is 0 Å². The summed E-state index contributed by atoms with van der Waals surface area (Å²) in [5, 5.41) is 7.89. The molecular formula is C15H23N5. The van der Waals surface area contributed by atoms with Gasteiger partial charge in [0.2, 0.25) is 0 Å². The number of aryl methyl sites for hydroxylation is 1. The molecule has 0 bridgehead atoms. The van der Waals surface area contributed by atoms with Gasteiger partial charge in [-0.15, -0.1) is 0 Å². The van der Waals surface area contributed by atoms with E-state index in [1.54, 1.807) is 6.20 Å². The van der Waals surface area contributed by atoms with Crippen molar-refractivity contribution in [3.63, 3.8) is 0 Å². The molecular weight excluding hydrogens is 250 g/mol. The zero-order chi connectivity index (χ0) is 13.9. The van der Waals surface area contributed by atoms with Gasteiger partial charge in [0.25, 0.3) is 0 Å². The van der Waals surface area contributed by atoms with Crippen LogP contribution in [0.25, 0.3) is 5.52 Å². The number of likely N-dealkylation sites (tertiary alicyclic amines) is 1. The number of hydrogen-bond donors (Lipinski definition) is 1. The van der Waals surface area contributed by atoms with Gasteiger partial charge in [0, 0.05) is 18.9 Å². The lowest BCUT2D eigenvalue weighted by Crippen LogP contribution is -2.30. The monoisotopic (exact) mass is 273 g/mol. The Kier molecular flexibility index (Phi) is 3.87. The van der Waals surface area contributed by atoms with Crippen LogP contribution in [-0.4, -0.2) is 46.2 Å². The van der Waals surface area contributed by atoms with Gasteiger partial charge in [0.05, 0.1) is 5.69 Å². The van der Waals surface area contributed by atoms with Crippen LogP contribution in [-0.2, 0) is 0 Å². The van der Waals surface area contributed by atoms with Gasteiger partial charge in [-0.1, -0.05) is 0 Å². The maximum absolute atomic E-state index is 4.43. The molecule has 0 aromatic carbocycles. The highest BCUT2D eigenvalue weighted by molar-refractivity contribution is 5.67. The Morgan fingerprint density at radius 2 is 2.15 bits per heavy atom. The molecule has 0 spiro atoms. The molecule has 108 valence electrons. The molecule has 2 aromatic rings. The Morgan fingerprint density at radius 1 is 1.35 bits per heavy atom. The Labute approximate surface area is 120 Å². The van der Waals surface area contributed by atoms with E-state index in [4.69, 9.17) is 0 Å². The quantitative estimate of drug-likeness (QED) is 0.927. The van der Waals surface area contributed by atoms with Crippen LogP contribution in [0.5, 0.6) is 0 Å². The third kappa shape index (κ3) is 2.93. The van der Waals surface area contributed by atoms with Gasteiger partial charge in [-0.05, 0) is 58.3 Å². The molecule has 0 unspecified atom stereocenters. The first-order valence-corrected chi connectivity index (χ1v) is 7.46. The molecule has 5 heteroatoms. The summed E-state index contributed by atoms with van der Waals surface area (Å²) in [5.41, 5.74) is 2.09. The van der Waals surface area contributed by atoms with Crippen LogP contribution in [0, 0.1) is 12.8 Å². The van der Waals surface area contributed by atoms with Gasteiger partial charge in [-0.3, -0.25) is 0 Å². The van der Waals surface area contributed by atoms with E-state index in [9.17, 15) is 0 Å². The molecule has 1 N–H and O–H groups in total. The van der Waals surface area contributed by atoms with Crippen LogP contribution < -0.4 is 5.32 Å². The van der Waals surface area contributed by atoms with E-state index in [-0.39, 0.29) is 0 Å². The fourth-order valence-corrected chi connectivity index (χ4v) is 2.93. The fraction of sp³-hybridized carbons (Fsp3) is 0.600. The van der Waals surface area contributed by atoms with E-state index >= 15 is 0 Å². The average Bonchev–Trinajstić information content (AvgIpc) is 2.82. The SMILES string of the molecule is Cc1cc2c(NCCC3CCN(C)CC3)nccn2n1. The van der Waals surface area contributed by atoms with Crippen LogP contribution >= 0.6 is 0 Å². The first-order chi connectivity index (χ1) is 9.72. The van der Waals surface area contributed by atoms with Gasteiger partial charge < -0.3 is 10.2 Å². The second-order valence-corrected chi connectivity index (χ2v) is 5.85. The van der Waals surface area contributed by atoms with Crippen molar-refractivity contribution in [2.45, 2.75) is 26.2 Å². The summed E-state index contributed by atoms with van der Waals surface area (Å²) in [4.78, 5) is 6.85. The maximum atomic E-state index is 4.43. The van der Waals surface area contributed by atoms with E-state index in [0.29, 0.717) is 0 Å². The van der Waals surface area contributed by atoms with Crippen molar-refractivity contribution in [3.8, 4) is 0 Å². The zero-order valence-electron chi connectivity index (χ0n) is 12.3. The molecule has 1 fully saturated rings.